The third-order valence-corrected chi connectivity index (χ3v) is 15.2. The van der Waals surface area contributed by atoms with Crippen molar-refractivity contribution in [1.29, 1.82) is 0 Å². The Hall–Kier alpha value is -1.80. The minimum absolute atomic E-state index is 0.0128. The van der Waals surface area contributed by atoms with Gasteiger partial charge >= 0.3 is 0 Å². The van der Waals surface area contributed by atoms with Crippen molar-refractivity contribution in [2.24, 2.45) is 0 Å². The lowest BCUT2D eigenvalue weighted by Gasteiger charge is -2.30. The first-order valence-corrected chi connectivity index (χ1v) is 33.1. The van der Waals surface area contributed by atoms with Gasteiger partial charge in [0.25, 0.3) is 7.82 Å². The fourth-order valence-electron chi connectivity index (χ4n) is 9.36. The van der Waals surface area contributed by atoms with E-state index in [-0.39, 0.29) is 19.1 Å². The van der Waals surface area contributed by atoms with Crippen molar-refractivity contribution in [2.75, 3.05) is 40.9 Å². The summed E-state index contributed by atoms with van der Waals surface area (Å²) >= 11 is 0. The van der Waals surface area contributed by atoms with E-state index in [4.69, 9.17) is 9.05 Å². The van der Waals surface area contributed by atoms with Crippen molar-refractivity contribution in [3.8, 4) is 0 Å². The van der Waals surface area contributed by atoms with E-state index in [1.54, 1.807) is 0 Å². The Morgan fingerprint density at radius 2 is 0.824 bits per heavy atom. The molecule has 1 amide bonds. The first-order valence-electron chi connectivity index (χ1n) is 31.6. The van der Waals surface area contributed by atoms with Crippen molar-refractivity contribution in [3.63, 3.8) is 0 Å². The van der Waals surface area contributed by atoms with Gasteiger partial charge in [-0.3, -0.25) is 9.36 Å². The molecule has 0 aromatic rings. The number of rotatable bonds is 58. The molecule has 2 N–H and O–H groups in total. The van der Waals surface area contributed by atoms with E-state index >= 15 is 0 Å². The molecule has 9 heteroatoms. The van der Waals surface area contributed by atoms with Crippen LogP contribution in [-0.2, 0) is 18.4 Å². The summed E-state index contributed by atoms with van der Waals surface area (Å²) in [6.45, 7) is 4.64. The van der Waals surface area contributed by atoms with Crippen LogP contribution >= 0.6 is 7.82 Å². The Bertz CT molecular complexity index is 1390. The average Bonchev–Trinajstić information content (AvgIpc) is 3.36. The van der Waals surface area contributed by atoms with Gasteiger partial charge in [0.2, 0.25) is 5.91 Å². The molecule has 0 saturated heterocycles. The SMILES string of the molecule is CC/C=C\C/C=C\C/C=C\C/C=C\C/C=C\CCCCCCCCCCCCCCCCCCCCCC(=O)NC(COP(=O)([O-])OCC[N+](C)(C)C)C(O)CCCCCCCCCCCCCCCCCCC. The number of phosphoric ester groups is 1. The Morgan fingerprint density at radius 3 is 1.20 bits per heavy atom. The highest BCUT2D eigenvalue weighted by atomic mass is 31.2. The average molecular weight is 1060 g/mol. The summed E-state index contributed by atoms with van der Waals surface area (Å²) < 4.78 is 23.5. The van der Waals surface area contributed by atoms with Gasteiger partial charge in [-0.2, -0.15) is 0 Å². The van der Waals surface area contributed by atoms with Gasteiger partial charge in [-0.1, -0.05) is 293 Å². The van der Waals surface area contributed by atoms with Gasteiger partial charge in [-0.05, 0) is 57.8 Å². The number of hydrogen-bond acceptors (Lipinski definition) is 6. The van der Waals surface area contributed by atoms with Crippen LogP contribution < -0.4 is 10.2 Å². The number of hydrogen-bond donors (Lipinski definition) is 2. The largest absolute Gasteiger partial charge is 0.756 e. The van der Waals surface area contributed by atoms with Crippen LogP contribution in [0.25, 0.3) is 0 Å². The maximum absolute atomic E-state index is 13.0. The molecule has 0 spiro atoms. The number of aliphatic hydroxyl groups excluding tert-OH is 1. The zero-order valence-corrected chi connectivity index (χ0v) is 50.4. The third kappa shape index (κ3) is 57.9. The lowest BCUT2D eigenvalue weighted by Crippen LogP contribution is -2.46. The molecular formula is C65H123N2O6P. The number of nitrogens with zero attached hydrogens (tertiary/aromatic N) is 1. The molecule has 0 aromatic heterocycles. The summed E-state index contributed by atoms with van der Waals surface area (Å²) in [5.41, 5.74) is 0. The number of likely N-dealkylation sites (N-methyl/N-ethyl adjacent to an activating group) is 1. The maximum atomic E-state index is 13.0. The molecule has 0 fully saturated rings. The highest BCUT2D eigenvalue weighted by Gasteiger charge is 2.24. The minimum Gasteiger partial charge on any atom is -0.756 e. The van der Waals surface area contributed by atoms with Crippen LogP contribution in [0.2, 0.25) is 0 Å². The lowest BCUT2D eigenvalue weighted by molar-refractivity contribution is -0.870. The number of aliphatic hydroxyl groups is 1. The van der Waals surface area contributed by atoms with Crippen molar-refractivity contribution < 1.29 is 32.9 Å². The molecule has 0 aliphatic carbocycles. The topological polar surface area (TPSA) is 108 Å². The summed E-state index contributed by atoms with van der Waals surface area (Å²) in [6.07, 6.45) is 75.6. The summed E-state index contributed by atoms with van der Waals surface area (Å²) in [4.78, 5) is 25.6. The van der Waals surface area contributed by atoms with Gasteiger partial charge in [0.15, 0.2) is 0 Å². The van der Waals surface area contributed by atoms with Crippen LogP contribution in [0.3, 0.4) is 0 Å². The third-order valence-electron chi connectivity index (χ3n) is 14.3. The van der Waals surface area contributed by atoms with E-state index < -0.39 is 20.0 Å². The number of nitrogens with one attached hydrogen (secondary N) is 1. The van der Waals surface area contributed by atoms with Crippen molar-refractivity contribution in [1.82, 2.24) is 5.32 Å². The molecule has 434 valence electrons. The Balaban J connectivity index is 3.99. The molecule has 0 aliphatic rings. The van der Waals surface area contributed by atoms with Crippen molar-refractivity contribution in [2.45, 2.75) is 309 Å². The van der Waals surface area contributed by atoms with Gasteiger partial charge in [0.1, 0.15) is 13.2 Å². The summed E-state index contributed by atoms with van der Waals surface area (Å²) in [5, 5.41) is 14.0. The number of carbonyl (C=O) groups is 1. The summed E-state index contributed by atoms with van der Waals surface area (Å²) in [7, 11) is 1.31. The Kier molecular flexibility index (Phi) is 54.6. The smallest absolute Gasteiger partial charge is 0.268 e. The Labute approximate surface area is 460 Å². The van der Waals surface area contributed by atoms with Crippen LogP contribution in [0.1, 0.15) is 296 Å². The van der Waals surface area contributed by atoms with E-state index in [0.29, 0.717) is 23.9 Å². The summed E-state index contributed by atoms with van der Waals surface area (Å²) in [5.74, 6) is -0.161. The van der Waals surface area contributed by atoms with Gasteiger partial charge in [-0.15, -0.1) is 0 Å². The number of amides is 1. The van der Waals surface area contributed by atoms with Gasteiger partial charge in [-0.25, -0.2) is 0 Å². The quantitative estimate of drug-likeness (QED) is 0.0272. The number of carbonyl (C=O) groups excluding carboxylic acids is 1. The van der Waals surface area contributed by atoms with Gasteiger partial charge in [0.05, 0.1) is 39.9 Å². The molecule has 0 bridgehead atoms. The molecule has 0 saturated carbocycles. The monoisotopic (exact) mass is 1060 g/mol. The minimum atomic E-state index is -4.57. The molecule has 0 heterocycles. The molecule has 0 rings (SSSR count). The van der Waals surface area contributed by atoms with Crippen LogP contribution in [0.15, 0.2) is 60.8 Å². The zero-order valence-electron chi connectivity index (χ0n) is 49.5. The number of allylic oxidation sites excluding steroid dienone is 10. The number of quaternary nitrogens is 1. The van der Waals surface area contributed by atoms with Crippen LogP contribution in [0.5, 0.6) is 0 Å². The standard InChI is InChI=1S/C65H123N2O6P/c1-6-8-10-12-14-16-18-20-22-24-25-26-27-28-29-30-31-32-33-34-35-36-37-38-39-40-41-43-45-47-49-51-53-55-57-59-65(69)66-63(62-73-74(70,71)72-61-60-67(3,4)5)64(68)58-56-54-52-50-48-46-44-42-23-21-19-17-15-13-11-9-7-2/h8,10,14,16,20,22,25-26,28-29,63-64,68H,6-7,9,11-13,15,17-19,21,23-24,27,30-62H2,1-5H3,(H-,66,69,70,71)/b10-8-,16-14-,22-20-,26-25-,29-28-. The second-order valence-corrected chi connectivity index (χ2v) is 24.2. The number of unbranched alkanes of at least 4 members (excludes halogenated alkanes) is 35. The van der Waals surface area contributed by atoms with E-state index in [9.17, 15) is 19.4 Å². The van der Waals surface area contributed by atoms with Crippen molar-refractivity contribution >= 4 is 13.7 Å². The predicted octanol–water partition coefficient (Wildman–Crippen LogP) is 19.0. The maximum Gasteiger partial charge on any atom is 0.268 e. The van der Waals surface area contributed by atoms with E-state index in [2.05, 4.69) is 79.9 Å². The highest BCUT2D eigenvalue weighted by Crippen LogP contribution is 2.38. The zero-order chi connectivity index (χ0) is 54.2. The predicted molar refractivity (Wildman–Crippen MR) is 321 cm³/mol. The van der Waals surface area contributed by atoms with Gasteiger partial charge < -0.3 is 28.8 Å². The van der Waals surface area contributed by atoms with Crippen LogP contribution in [0.4, 0.5) is 0 Å². The lowest BCUT2D eigenvalue weighted by atomic mass is 10.0. The van der Waals surface area contributed by atoms with E-state index in [1.165, 1.54) is 199 Å². The van der Waals surface area contributed by atoms with Crippen LogP contribution in [0, 0.1) is 0 Å². The summed E-state index contributed by atoms with van der Waals surface area (Å²) in [6, 6.07) is -0.801. The number of phosphoric acid groups is 1. The molecule has 0 aliphatic heterocycles. The normalized spacial score (nSPS) is 14.2. The van der Waals surface area contributed by atoms with E-state index in [1.807, 2.05) is 21.1 Å². The molecule has 74 heavy (non-hydrogen) atoms. The molecule has 8 nitrogen and oxygen atoms in total. The molecule has 0 aromatic carbocycles. The Morgan fingerprint density at radius 1 is 0.486 bits per heavy atom. The first-order chi connectivity index (χ1) is 36.0. The van der Waals surface area contributed by atoms with Gasteiger partial charge in [0, 0.05) is 6.42 Å². The van der Waals surface area contributed by atoms with E-state index in [0.717, 1.165) is 70.6 Å². The van der Waals surface area contributed by atoms with Crippen LogP contribution in [-0.4, -0.2) is 68.5 Å². The molecular weight excluding hydrogens is 936 g/mol. The fourth-order valence-corrected chi connectivity index (χ4v) is 10.1. The molecule has 3 atom stereocenters. The van der Waals surface area contributed by atoms with Crippen molar-refractivity contribution in [3.05, 3.63) is 60.8 Å². The first kappa shape index (κ1) is 72.2. The molecule has 3 unspecified atom stereocenters. The molecule has 0 radical (unpaired) electrons. The second-order valence-electron chi connectivity index (χ2n) is 22.7. The fraction of sp³-hybridized carbons (Fsp3) is 0.831. The highest BCUT2D eigenvalue weighted by molar-refractivity contribution is 7.45. The second kappa shape index (κ2) is 55.9.